The number of carbonyl (C=O) groups excluding carboxylic acids is 2. The van der Waals surface area contributed by atoms with Crippen LogP contribution in [0.1, 0.15) is 45.4 Å². The van der Waals surface area contributed by atoms with Crippen LogP contribution in [0.15, 0.2) is 0 Å². The van der Waals surface area contributed by atoms with E-state index in [9.17, 15) is 18.0 Å². The molecule has 1 saturated carbocycles. The summed E-state index contributed by atoms with van der Waals surface area (Å²) in [5, 5.41) is 2.89. The molecular formula is C16H28N2O5S. The minimum Gasteiger partial charge on any atom is -0.450 e. The number of amides is 2. The lowest BCUT2D eigenvalue weighted by molar-refractivity contribution is -0.126. The molecule has 1 N–H and O–H groups in total. The Kier molecular flexibility index (Phi) is 6.89. The van der Waals surface area contributed by atoms with Gasteiger partial charge in [-0.2, -0.15) is 0 Å². The van der Waals surface area contributed by atoms with Gasteiger partial charge in [0.15, 0.2) is 9.84 Å². The van der Waals surface area contributed by atoms with Gasteiger partial charge < -0.3 is 15.0 Å². The van der Waals surface area contributed by atoms with Crippen LogP contribution in [0.2, 0.25) is 0 Å². The highest BCUT2D eigenvalue weighted by Gasteiger charge is 2.35. The molecular weight excluding hydrogens is 332 g/mol. The first-order chi connectivity index (χ1) is 11.4. The fraction of sp³-hybridized carbons (Fsp3) is 0.875. The zero-order valence-corrected chi connectivity index (χ0v) is 15.1. The van der Waals surface area contributed by atoms with Gasteiger partial charge in [0.05, 0.1) is 24.2 Å². The summed E-state index contributed by atoms with van der Waals surface area (Å²) < 4.78 is 28.4. The molecule has 2 aliphatic rings. The minimum absolute atomic E-state index is 0.0254. The van der Waals surface area contributed by atoms with Crippen molar-refractivity contribution in [3.05, 3.63) is 0 Å². The van der Waals surface area contributed by atoms with Crippen molar-refractivity contribution in [2.24, 2.45) is 5.92 Å². The summed E-state index contributed by atoms with van der Waals surface area (Å²) in [5.41, 5.74) is 0. The standard InChI is InChI=1S/C16H28N2O5S/c1-2-23-16(20)18(14-8-11-24(21,22)12-14)10-9-17-15(19)13-6-4-3-5-7-13/h13-14H,2-12H2,1H3,(H,17,19). The van der Waals surface area contributed by atoms with E-state index < -0.39 is 15.9 Å². The van der Waals surface area contributed by atoms with E-state index in [1.165, 1.54) is 11.3 Å². The average molecular weight is 360 g/mol. The van der Waals surface area contributed by atoms with Gasteiger partial charge in [0.1, 0.15) is 0 Å². The first-order valence-electron chi connectivity index (χ1n) is 8.84. The van der Waals surface area contributed by atoms with Crippen LogP contribution in [-0.4, -0.2) is 62.6 Å². The predicted octanol–water partition coefficient (Wildman–Crippen LogP) is 1.33. The van der Waals surface area contributed by atoms with Crippen molar-refractivity contribution >= 4 is 21.8 Å². The highest BCUT2D eigenvalue weighted by molar-refractivity contribution is 7.91. The SMILES string of the molecule is CCOC(=O)N(CCNC(=O)C1CCCCC1)C1CCS(=O)(=O)C1. The van der Waals surface area contributed by atoms with Crippen molar-refractivity contribution in [2.75, 3.05) is 31.2 Å². The van der Waals surface area contributed by atoms with Gasteiger partial charge in [-0.25, -0.2) is 13.2 Å². The first kappa shape index (κ1) is 19.0. The number of hydrogen-bond donors (Lipinski definition) is 1. The third kappa shape index (κ3) is 5.36. The lowest BCUT2D eigenvalue weighted by Crippen LogP contribution is -2.46. The topological polar surface area (TPSA) is 92.8 Å². The van der Waals surface area contributed by atoms with Gasteiger partial charge in [0.25, 0.3) is 0 Å². The van der Waals surface area contributed by atoms with Crippen LogP contribution in [0, 0.1) is 5.92 Å². The van der Waals surface area contributed by atoms with Crippen molar-refractivity contribution in [2.45, 2.75) is 51.5 Å². The van der Waals surface area contributed by atoms with Crippen LogP contribution in [-0.2, 0) is 19.4 Å². The van der Waals surface area contributed by atoms with Crippen LogP contribution >= 0.6 is 0 Å². The molecule has 8 heteroatoms. The third-order valence-corrected chi connectivity index (χ3v) is 6.53. The largest absolute Gasteiger partial charge is 0.450 e. The summed E-state index contributed by atoms with van der Waals surface area (Å²) in [6, 6.07) is -0.361. The lowest BCUT2D eigenvalue weighted by atomic mass is 9.89. The predicted molar refractivity (Wildman–Crippen MR) is 90.4 cm³/mol. The van der Waals surface area contributed by atoms with E-state index in [0.29, 0.717) is 13.0 Å². The molecule has 7 nitrogen and oxygen atoms in total. The molecule has 2 fully saturated rings. The second-order valence-electron chi connectivity index (χ2n) is 6.58. The molecule has 0 aromatic heterocycles. The zero-order chi connectivity index (χ0) is 17.6. The average Bonchev–Trinajstić information content (AvgIpc) is 2.92. The Hall–Kier alpha value is -1.31. The Balaban J connectivity index is 1.86. The molecule has 1 aliphatic heterocycles. The monoisotopic (exact) mass is 360 g/mol. The number of rotatable bonds is 6. The maximum atomic E-state index is 12.2. The van der Waals surface area contributed by atoms with Crippen LogP contribution in [0.3, 0.4) is 0 Å². The molecule has 2 rings (SSSR count). The van der Waals surface area contributed by atoms with E-state index in [-0.39, 0.29) is 42.5 Å². The Morgan fingerprint density at radius 2 is 1.88 bits per heavy atom. The third-order valence-electron chi connectivity index (χ3n) is 4.78. The number of nitrogens with zero attached hydrogens (tertiary/aromatic N) is 1. The van der Waals surface area contributed by atoms with Crippen molar-refractivity contribution in [1.29, 1.82) is 0 Å². The second-order valence-corrected chi connectivity index (χ2v) is 8.80. The summed E-state index contributed by atoms with van der Waals surface area (Å²) in [6.45, 7) is 2.55. The summed E-state index contributed by atoms with van der Waals surface area (Å²) in [5.74, 6) is 0.184. The molecule has 2 amide bonds. The summed E-state index contributed by atoms with van der Waals surface area (Å²) >= 11 is 0. The van der Waals surface area contributed by atoms with Crippen LogP contribution < -0.4 is 5.32 Å². The summed E-state index contributed by atoms with van der Waals surface area (Å²) in [6.07, 6.45) is 5.14. The van der Waals surface area contributed by atoms with Crippen molar-refractivity contribution in [1.82, 2.24) is 10.2 Å². The Labute approximate surface area is 144 Å². The highest BCUT2D eigenvalue weighted by Crippen LogP contribution is 2.23. The quantitative estimate of drug-likeness (QED) is 0.771. The molecule has 1 unspecified atom stereocenters. The summed E-state index contributed by atoms with van der Waals surface area (Å²) in [7, 11) is -3.08. The van der Waals surface area contributed by atoms with E-state index in [4.69, 9.17) is 4.74 Å². The van der Waals surface area contributed by atoms with Gasteiger partial charge in [-0.1, -0.05) is 19.3 Å². The van der Waals surface area contributed by atoms with E-state index in [1.54, 1.807) is 6.92 Å². The fourth-order valence-corrected chi connectivity index (χ4v) is 5.19. The number of ether oxygens (including phenoxy) is 1. The molecule has 1 atom stereocenters. The van der Waals surface area contributed by atoms with Gasteiger partial charge in [0, 0.05) is 19.0 Å². The van der Waals surface area contributed by atoms with Crippen molar-refractivity contribution in [3.63, 3.8) is 0 Å². The maximum Gasteiger partial charge on any atom is 0.410 e. The van der Waals surface area contributed by atoms with Gasteiger partial charge in [-0.05, 0) is 26.2 Å². The summed E-state index contributed by atoms with van der Waals surface area (Å²) in [4.78, 5) is 25.7. The molecule has 0 radical (unpaired) electrons. The van der Waals surface area contributed by atoms with Gasteiger partial charge in [-0.15, -0.1) is 0 Å². The van der Waals surface area contributed by atoms with Crippen molar-refractivity contribution in [3.8, 4) is 0 Å². The fourth-order valence-electron chi connectivity index (χ4n) is 3.46. The smallest absolute Gasteiger partial charge is 0.410 e. The lowest BCUT2D eigenvalue weighted by Gasteiger charge is -2.28. The Bertz CT molecular complexity index is 543. The van der Waals surface area contributed by atoms with Crippen LogP contribution in [0.25, 0.3) is 0 Å². The number of carbonyl (C=O) groups is 2. The Morgan fingerprint density at radius 3 is 2.46 bits per heavy atom. The Morgan fingerprint density at radius 1 is 1.17 bits per heavy atom. The van der Waals surface area contributed by atoms with Crippen LogP contribution in [0.4, 0.5) is 4.79 Å². The molecule has 0 bridgehead atoms. The van der Waals surface area contributed by atoms with Crippen molar-refractivity contribution < 1.29 is 22.7 Å². The molecule has 0 aromatic rings. The molecule has 0 aromatic carbocycles. The van der Waals surface area contributed by atoms with Gasteiger partial charge in [-0.3, -0.25) is 4.79 Å². The van der Waals surface area contributed by atoms with E-state index in [1.807, 2.05) is 0 Å². The molecule has 1 heterocycles. The second kappa shape index (κ2) is 8.69. The van der Waals surface area contributed by atoms with E-state index in [0.717, 1.165) is 25.7 Å². The number of nitrogens with one attached hydrogen (secondary N) is 1. The number of hydrogen-bond acceptors (Lipinski definition) is 5. The maximum absolute atomic E-state index is 12.2. The minimum atomic E-state index is -3.08. The first-order valence-corrected chi connectivity index (χ1v) is 10.7. The zero-order valence-electron chi connectivity index (χ0n) is 14.3. The normalized spacial score (nSPS) is 23.6. The van der Waals surface area contributed by atoms with Gasteiger partial charge >= 0.3 is 6.09 Å². The number of sulfone groups is 1. The molecule has 0 spiro atoms. The molecule has 1 saturated heterocycles. The van der Waals surface area contributed by atoms with Gasteiger partial charge in [0.2, 0.25) is 5.91 Å². The molecule has 1 aliphatic carbocycles. The highest BCUT2D eigenvalue weighted by atomic mass is 32.2. The van der Waals surface area contributed by atoms with Crippen LogP contribution in [0.5, 0.6) is 0 Å². The molecule has 138 valence electrons. The van der Waals surface area contributed by atoms with E-state index in [2.05, 4.69) is 5.32 Å². The van der Waals surface area contributed by atoms with E-state index >= 15 is 0 Å². The molecule has 24 heavy (non-hydrogen) atoms.